The van der Waals surface area contributed by atoms with Gasteiger partial charge in [0.25, 0.3) is 0 Å². The Morgan fingerprint density at radius 2 is 2.20 bits per heavy atom. The summed E-state index contributed by atoms with van der Waals surface area (Å²) in [6.45, 7) is 4.99. The molecule has 0 bridgehead atoms. The number of aliphatic hydroxyl groups excluding tert-OH is 1. The number of aromatic nitrogens is 2. The molecule has 0 fully saturated rings. The molecule has 0 radical (unpaired) electrons. The van der Waals surface area contributed by atoms with Gasteiger partial charge < -0.3 is 14.6 Å². The minimum atomic E-state index is -0.589. The van der Waals surface area contributed by atoms with E-state index in [1.165, 1.54) is 0 Å². The van der Waals surface area contributed by atoms with E-state index in [0.29, 0.717) is 18.1 Å². The second kappa shape index (κ2) is 6.43. The van der Waals surface area contributed by atoms with Crippen LogP contribution >= 0.6 is 0 Å². The Morgan fingerprint density at radius 1 is 1.40 bits per heavy atom. The topological polar surface area (TPSA) is 56.5 Å². The molecule has 20 heavy (non-hydrogen) atoms. The molecule has 0 saturated carbocycles. The van der Waals surface area contributed by atoms with E-state index in [1.807, 2.05) is 29.9 Å². The second-order valence-electron chi connectivity index (χ2n) is 4.57. The van der Waals surface area contributed by atoms with Crippen LogP contribution in [0.25, 0.3) is 0 Å². The van der Waals surface area contributed by atoms with Crippen LogP contribution < -0.4 is 9.47 Å². The first-order valence-corrected chi connectivity index (χ1v) is 6.64. The van der Waals surface area contributed by atoms with Gasteiger partial charge in [-0.2, -0.15) is 5.10 Å². The number of aryl methyl sites for hydroxylation is 1. The van der Waals surface area contributed by atoms with E-state index in [1.54, 1.807) is 26.3 Å². The van der Waals surface area contributed by atoms with Crippen molar-refractivity contribution in [2.75, 3.05) is 7.11 Å². The minimum Gasteiger partial charge on any atom is -0.497 e. The maximum Gasteiger partial charge on any atom is 0.129 e. The van der Waals surface area contributed by atoms with Gasteiger partial charge in [0, 0.05) is 29.9 Å². The van der Waals surface area contributed by atoms with Crippen LogP contribution in [0.3, 0.4) is 0 Å². The van der Waals surface area contributed by atoms with Gasteiger partial charge >= 0.3 is 0 Å². The molecular formula is C15H20N2O3. The molecule has 108 valence electrons. The summed E-state index contributed by atoms with van der Waals surface area (Å²) < 4.78 is 12.8. The Hall–Kier alpha value is -2.01. The molecule has 0 saturated heterocycles. The Labute approximate surface area is 118 Å². The highest BCUT2D eigenvalue weighted by molar-refractivity contribution is 5.41. The fourth-order valence-corrected chi connectivity index (χ4v) is 1.93. The predicted molar refractivity (Wildman–Crippen MR) is 75.9 cm³/mol. The highest BCUT2D eigenvalue weighted by Gasteiger charge is 2.11. The molecule has 1 aromatic heterocycles. The fourth-order valence-electron chi connectivity index (χ4n) is 1.93. The van der Waals surface area contributed by atoms with E-state index in [0.717, 1.165) is 17.7 Å². The lowest BCUT2D eigenvalue weighted by Gasteiger charge is -2.14. The fraction of sp³-hybridized carbons (Fsp3) is 0.400. The third kappa shape index (κ3) is 3.30. The Balaban J connectivity index is 2.14. The number of hydrogen-bond donors (Lipinski definition) is 1. The van der Waals surface area contributed by atoms with Crippen molar-refractivity contribution in [2.24, 2.45) is 0 Å². The molecule has 5 heteroatoms. The molecule has 2 aromatic rings. The third-order valence-electron chi connectivity index (χ3n) is 3.08. The van der Waals surface area contributed by atoms with Crippen molar-refractivity contribution in [2.45, 2.75) is 33.1 Å². The van der Waals surface area contributed by atoms with Crippen LogP contribution in [0, 0.1) is 0 Å². The van der Waals surface area contributed by atoms with E-state index >= 15 is 0 Å². The Kier molecular flexibility index (Phi) is 4.63. The maximum absolute atomic E-state index is 9.77. The van der Waals surface area contributed by atoms with E-state index < -0.39 is 6.10 Å². The van der Waals surface area contributed by atoms with E-state index in [-0.39, 0.29) is 0 Å². The smallest absolute Gasteiger partial charge is 0.129 e. The van der Waals surface area contributed by atoms with Gasteiger partial charge in [0.2, 0.25) is 0 Å². The largest absolute Gasteiger partial charge is 0.497 e. The molecule has 1 heterocycles. The van der Waals surface area contributed by atoms with Crippen molar-refractivity contribution < 1.29 is 14.6 Å². The summed E-state index contributed by atoms with van der Waals surface area (Å²) in [5.74, 6) is 1.33. The lowest BCUT2D eigenvalue weighted by Crippen LogP contribution is -2.01. The van der Waals surface area contributed by atoms with E-state index in [4.69, 9.17) is 9.47 Å². The lowest BCUT2D eigenvalue weighted by molar-refractivity contribution is 0.190. The van der Waals surface area contributed by atoms with Gasteiger partial charge in [0.05, 0.1) is 19.4 Å². The lowest BCUT2D eigenvalue weighted by atomic mass is 10.1. The minimum absolute atomic E-state index is 0.410. The number of rotatable bonds is 6. The number of hydrogen-bond acceptors (Lipinski definition) is 4. The summed E-state index contributed by atoms with van der Waals surface area (Å²) in [6.07, 6.45) is 3.14. The van der Waals surface area contributed by atoms with Crippen LogP contribution in [0.4, 0.5) is 0 Å². The Bertz CT molecular complexity index is 564. The first-order valence-electron chi connectivity index (χ1n) is 6.64. The zero-order chi connectivity index (χ0) is 14.5. The van der Waals surface area contributed by atoms with Gasteiger partial charge in [0.1, 0.15) is 18.1 Å². The van der Waals surface area contributed by atoms with Crippen LogP contribution in [0.5, 0.6) is 11.5 Å². The van der Waals surface area contributed by atoms with Crippen molar-refractivity contribution in [3.8, 4) is 11.5 Å². The first kappa shape index (κ1) is 14.4. The molecule has 1 unspecified atom stereocenters. The van der Waals surface area contributed by atoms with Crippen LogP contribution in [0.1, 0.15) is 31.1 Å². The van der Waals surface area contributed by atoms with Crippen LogP contribution in [-0.4, -0.2) is 22.0 Å². The monoisotopic (exact) mass is 276 g/mol. The number of benzene rings is 1. The molecule has 0 amide bonds. The average molecular weight is 276 g/mol. The molecule has 0 aliphatic rings. The van der Waals surface area contributed by atoms with Crippen molar-refractivity contribution in [1.29, 1.82) is 0 Å². The number of ether oxygens (including phenoxy) is 2. The molecular weight excluding hydrogens is 256 g/mol. The van der Waals surface area contributed by atoms with E-state index in [9.17, 15) is 5.11 Å². The summed E-state index contributed by atoms with van der Waals surface area (Å²) in [5, 5.41) is 14.0. The summed E-state index contributed by atoms with van der Waals surface area (Å²) in [6, 6.07) is 5.41. The summed E-state index contributed by atoms with van der Waals surface area (Å²) in [7, 11) is 1.60. The molecule has 1 aromatic carbocycles. The second-order valence-corrected chi connectivity index (χ2v) is 4.57. The molecule has 0 spiro atoms. The molecule has 1 atom stereocenters. The molecule has 1 N–H and O–H groups in total. The quantitative estimate of drug-likeness (QED) is 0.881. The van der Waals surface area contributed by atoms with Crippen molar-refractivity contribution in [3.63, 3.8) is 0 Å². The van der Waals surface area contributed by atoms with Crippen LogP contribution in [-0.2, 0) is 13.2 Å². The first-order chi connectivity index (χ1) is 9.63. The molecule has 2 rings (SSSR count). The van der Waals surface area contributed by atoms with Crippen LogP contribution in [0.2, 0.25) is 0 Å². The van der Waals surface area contributed by atoms with Gasteiger partial charge in [-0.1, -0.05) is 0 Å². The summed E-state index contributed by atoms with van der Waals surface area (Å²) >= 11 is 0. The number of nitrogens with zero attached hydrogens (tertiary/aromatic N) is 2. The standard InChI is InChI=1S/C15H20N2O3/c1-4-17-9-12(8-16-17)10-20-15-7-13(19-3)5-6-14(15)11(2)18/h5-9,11,18H,4,10H2,1-3H3. The van der Waals surface area contributed by atoms with Gasteiger partial charge in [-0.3, -0.25) is 4.68 Å². The average Bonchev–Trinajstić information content (AvgIpc) is 2.92. The molecule has 0 aliphatic heterocycles. The number of methoxy groups -OCH3 is 1. The SMILES string of the molecule is CCn1cc(COc2cc(OC)ccc2C(C)O)cn1. The maximum atomic E-state index is 9.77. The van der Waals surface area contributed by atoms with E-state index in [2.05, 4.69) is 5.10 Å². The zero-order valence-corrected chi connectivity index (χ0v) is 12.0. The molecule has 0 aliphatic carbocycles. The zero-order valence-electron chi connectivity index (χ0n) is 12.0. The highest BCUT2D eigenvalue weighted by Crippen LogP contribution is 2.30. The van der Waals surface area contributed by atoms with Gasteiger partial charge in [-0.15, -0.1) is 0 Å². The van der Waals surface area contributed by atoms with Crippen molar-refractivity contribution in [1.82, 2.24) is 9.78 Å². The van der Waals surface area contributed by atoms with Crippen molar-refractivity contribution in [3.05, 3.63) is 41.7 Å². The molecule has 5 nitrogen and oxygen atoms in total. The highest BCUT2D eigenvalue weighted by atomic mass is 16.5. The van der Waals surface area contributed by atoms with Gasteiger partial charge in [-0.25, -0.2) is 0 Å². The van der Waals surface area contributed by atoms with Gasteiger partial charge in [-0.05, 0) is 26.0 Å². The van der Waals surface area contributed by atoms with Crippen molar-refractivity contribution >= 4 is 0 Å². The normalized spacial score (nSPS) is 12.2. The number of aliphatic hydroxyl groups is 1. The predicted octanol–water partition coefficient (Wildman–Crippen LogP) is 2.54. The summed E-state index contributed by atoms with van der Waals surface area (Å²) in [5.41, 5.74) is 1.74. The third-order valence-corrected chi connectivity index (χ3v) is 3.08. The van der Waals surface area contributed by atoms with Gasteiger partial charge in [0.15, 0.2) is 0 Å². The summed E-state index contributed by atoms with van der Waals surface area (Å²) in [4.78, 5) is 0. The van der Waals surface area contributed by atoms with Crippen LogP contribution in [0.15, 0.2) is 30.6 Å². The Morgan fingerprint density at radius 3 is 2.80 bits per heavy atom.